The lowest BCUT2D eigenvalue weighted by Gasteiger charge is -2.35. The predicted molar refractivity (Wildman–Crippen MR) is 90.7 cm³/mol. The summed E-state index contributed by atoms with van der Waals surface area (Å²) >= 11 is 0. The first-order valence-corrected chi connectivity index (χ1v) is 8.53. The van der Waals surface area contributed by atoms with Crippen LogP contribution >= 0.6 is 0 Å². The molecule has 0 radical (unpaired) electrons. The number of imidazole rings is 1. The van der Waals surface area contributed by atoms with E-state index in [0.717, 1.165) is 5.82 Å². The molecule has 136 valence electrons. The van der Waals surface area contributed by atoms with Crippen molar-refractivity contribution >= 4 is 5.91 Å². The van der Waals surface area contributed by atoms with E-state index in [1.165, 1.54) is 0 Å². The zero-order chi connectivity index (χ0) is 17.8. The molecular weight excluding hydrogens is 322 g/mol. The van der Waals surface area contributed by atoms with E-state index in [1.807, 2.05) is 31.5 Å². The van der Waals surface area contributed by atoms with E-state index in [4.69, 9.17) is 4.74 Å². The largest absolute Gasteiger partial charge is 0.367 e. The number of H-pyrrole nitrogens is 1. The molecule has 0 aliphatic carbocycles. The number of nitrogens with one attached hydrogen (secondary N) is 2. The van der Waals surface area contributed by atoms with Gasteiger partial charge in [-0.05, 0) is 20.8 Å². The third-order valence-corrected chi connectivity index (χ3v) is 4.36. The highest BCUT2D eigenvalue weighted by Gasteiger charge is 2.30. The minimum Gasteiger partial charge on any atom is -0.367 e. The Morgan fingerprint density at radius 2 is 2.36 bits per heavy atom. The van der Waals surface area contributed by atoms with Crippen LogP contribution in [0, 0.1) is 6.92 Å². The van der Waals surface area contributed by atoms with E-state index in [0.29, 0.717) is 32.1 Å². The molecule has 0 aromatic carbocycles. The lowest BCUT2D eigenvalue weighted by Crippen LogP contribution is -2.52. The molecule has 1 saturated heterocycles. The molecule has 9 nitrogen and oxygen atoms in total. The minimum atomic E-state index is -0.239. The van der Waals surface area contributed by atoms with Gasteiger partial charge in [0.1, 0.15) is 11.9 Å². The van der Waals surface area contributed by atoms with Crippen molar-refractivity contribution in [1.82, 2.24) is 34.9 Å². The van der Waals surface area contributed by atoms with Crippen molar-refractivity contribution in [1.29, 1.82) is 0 Å². The zero-order valence-corrected chi connectivity index (χ0v) is 14.8. The molecule has 25 heavy (non-hydrogen) atoms. The first-order valence-electron chi connectivity index (χ1n) is 8.53. The average molecular weight is 347 g/mol. The van der Waals surface area contributed by atoms with Crippen molar-refractivity contribution in [2.24, 2.45) is 0 Å². The maximum absolute atomic E-state index is 12.6. The molecule has 1 amide bonds. The number of rotatable bonds is 6. The normalized spacial score (nSPS) is 21.0. The Kier molecular flexibility index (Phi) is 5.44. The summed E-state index contributed by atoms with van der Waals surface area (Å²) in [6.07, 6.45) is 5.16. The van der Waals surface area contributed by atoms with E-state index >= 15 is 0 Å². The van der Waals surface area contributed by atoms with Gasteiger partial charge >= 0.3 is 0 Å². The van der Waals surface area contributed by atoms with Gasteiger partial charge in [-0.3, -0.25) is 14.8 Å². The summed E-state index contributed by atoms with van der Waals surface area (Å²) in [6.45, 7) is 8.33. The van der Waals surface area contributed by atoms with Gasteiger partial charge in [0, 0.05) is 38.1 Å². The highest BCUT2D eigenvalue weighted by atomic mass is 16.5. The summed E-state index contributed by atoms with van der Waals surface area (Å²) in [4.78, 5) is 23.0. The average Bonchev–Trinajstić information content (AvgIpc) is 3.25. The second kappa shape index (κ2) is 7.75. The van der Waals surface area contributed by atoms with Gasteiger partial charge in [-0.15, -0.1) is 0 Å². The van der Waals surface area contributed by atoms with Crippen LogP contribution in [0.3, 0.4) is 0 Å². The molecule has 0 unspecified atom stereocenters. The molecular formula is C16H25N7O2. The number of aryl methyl sites for hydroxylation is 1. The third-order valence-electron chi connectivity index (χ3n) is 4.36. The van der Waals surface area contributed by atoms with Gasteiger partial charge in [-0.25, -0.2) is 9.97 Å². The second-order valence-corrected chi connectivity index (χ2v) is 6.48. The fourth-order valence-corrected chi connectivity index (χ4v) is 2.97. The highest BCUT2D eigenvalue weighted by molar-refractivity contribution is 5.81. The Bertz CT molecular complexity index is 684. The van der Waals surface area contributed by atoms with Crippen molar-refractivity contribution < 1.29 is 9.53 Å². The van der Waals surface area contributed by atoms with Gasteiger partial charge in [0.2, 0.25) is 5.91 Å². The van der Waals surface area contributed by atoms with E-state index in [9.17, 15) is 4.79 Å². The van der Waals surface area contributed by atoms with Gasteiger partial charge in [-0.1, -0.05) is 0 Å². The van der Waals surface area contributed by atoms with Crippen molar-refractivity contribution in [3.8, 4) is 0 Å². The number of aromatic amines is 1. The van der Waals surface area contributed by atoms with Gasteiger partial charge in [0.15, 0.2) is 5.82 Å². The summed E-state index contributed by atoms with van der Waals surface area (Å²) in [5.41, 5.74) is 0. The molecule has 3 heterocycles. The first-order chi connectivity index (χ1) is 12.0. The Balaban J connectivity index is 1.54. The maximum Gasteiger partial charge on any atom is 0.237 e. The SMILES string of the molecule is Cc1nc([C@@H]2CN([C@H](C)C(=O)N[C@@H](C)Cn3ccnc3)CCO2)n[nH]1. The van der Waals surface area contributed by atoms with Gasteiger partial charge < -0.3 is 14.6 Å². The zero-order valence-electron chi connectivity index (χ0n) is 14.8. The lowest BCUT2D eigenvalue weighted by molar-refractivity contribution is -0.130. The standard InChI is InChI=1S/C16H25N7O2/c1-11(8-22-5-4-17-10-22)18-16(24)12(2)23-6-7-25-14(9-23)15-19-13(3)20-21-15/h4-5,10-12,14H,6-9H2,1-3H3,(H,18,24)(H,19,20,21)/t11-,12+,14-/m0/s1. The van der Waals surface area contributed by atoms with Crippen LogP contribution in [0.2, 0.25) is 0 Å². The Morgan fingerprint density at radius 1 is 1.52 bits per heavy atom. The third kappa shape index (κ3) is 4.43. The molecule has 1 fully saturated rings. The van der Waals surface area contributed by atoms with E-state index in [2.05, 4.69) is 30.4 Å². The number of ether oxygens (including phenoxy) is 1. The number of carbonyl (C=O) groups is 1. The van der Waals surface area contributed by atoms with Crippen LogP contribution in [-0.4, -0.2) is 67.3 Å². The number of hydrogen-bond acceptors (Lipinski definition) is 6. The summed E-state index contributed by atoms with van der Waals surface area (Å²) in [6, 6.07) is -0.215. The number of amides is 1. The molecule has 2 aromatic rings. The fourth-order valence-electron chi connectivity index (χ4n) is 2.97. The van der Waals surface area contributed by atoms with Crippen molar-refractivity contribution in [3.05, 3.63) is 30.4 Å². The molecule has 2 N–H and O–H groups in total. The Hall–Kier alpha value is -2.26. The van der Waals surface area contributed by atoms with Crippen molar-refractivity contribution in [2.75, 3.05) is 19.7 Å². The predicted octanol–water partition coefficient (Wildman–Crippen LogP) is 0.276. The Morgan fingerprint density at radius 3 is 3.04 bits per heavy atom. The Labute approximate surface area is 146 Å². The number of aromatic nitrogens is 5. The van der Waals surface area contributed by atoms with Crippen LogP contribution < -0.4 is 5.32 Å². The minimum absolute atomic E-state index is 0.0134. The molecule has 3 rings (SSSR count). The van der Waals surface area contributed by atoms with E-state index < -0.39 is 0 Å². The number of carbonyl (C=O) groups excluding carboxylic acids is 1. The molecule has 3 atom stereocenters. The topological polar surface area (TPSA) is 101 Å². The van der Waals surface area contributed by atoms with Crippen LogP contribution in [-0.2, 0) is 16.1 Å². The monoisotopic (exact) mass is 347 g/mol. The molecule has 0 saturated carbocycles. The fraction of sp³-hybridized carbons (Fsp3) is 0.625. The summed E-state index contributed by atoms with van der Waals surface area (Å²) in [5.74, 6) is 1.41. The summed E-state index contributed by atoms with van der Waals surface area (Å²) in [7, 11) is 0. The van der Waals surface area contributed by atoms with Crippen LogP contribution in [0.1, 0.15) is 31.6 Å². The van der Waals surface area contributed by atoms with Gasteiger partial charge in [0.25, 0.3) is 0 Å². The highest BCUT2D eigenvalue weighted by Crippen LogP contribution is 2.20. The van der Waals surface area contributed by atoms with Gasteiger partial charge in [-0.2, -0.15) is 5.10 Å². The van der Waals surface area contributed by atoms with Crippen LogP contribution in [0.15, 0.2) is 18.7 Å². The molecule has 0 spiro atoms. The number of morpholine rings is 1. The van der Waals surface area contributed by atoms with Crippen molar-refractivity contribution in [2.45, 2.75) is 45.5 Å². The molecule has 2 aromatic heterocycles. The summed E-state index contributed by atoms with van der Waals surface area (Å²) < 4.78 is 7.71. The first kappa shape index (κ1) is 17.6. The quantitative estimate of drug-likeness (QED) is 0.778. The second-order valence-electron chi connectivity index (χ2n) is 6.48. The maximum atomic E-state index is 12.6. The van der Waals surface area contributed by atoms with Crippen molar-refractivity contribution in [3.63, 3.8) is 0 Å². The number of nitrogens with zero attached hydrogens (tertiary/aromatic N) is 5. The van der Waals surface area contributed by atoms with Crippen LogP contribution in [0.25, 0.3) is 0 Å². The summed E-state index contributed by atoms with van der Waals surface area (Å²) in [5, 5.41) is 10.1. The van der Waals surface area contributed by atoms with E-state index in [-0.39, 0.29) is 24.1 Å². The lowest BCUT2D eigenvalue weighted by atomic mass is 10.2. The molecule has 1 aliphatic rings. The molecule has 0 bridgehead atoms. The molecule has 1 aliphatic heterocycles. The van der Waals surface area contributed by atoms with Crippen LogP contribution in [0.5, 0.6) is 0 Å². The van der Waals surface area contributed by atoms with Gasteiger partial charge in [0.05, 0.1) is 19.0 Å². The molecule has 9 heteroatoms. The number of hydrogen-bond donors (Lipinski definition) is 2. The smallest absolute Gasteiger partial charge is 0.237 e. The van der Waals surface area contributed by atoms with E-state index in [1.54, 1.807) is 12.5 Å². The van der Waals surface area contributed by atoms with Crippen LogP contribution in [0.4, 0.5) is 0 Å².